The zero-order chi connectivity index (χ0) is 15.2. The molecule has 2 heterocycles. The van der Waals surface area contributed by atoms with Crippen molar-refractivity contribution in [2.24, 2.45) is 0 Å². The predicted molar refractivity (Wildman–Crippen MR) is 85.2 cm³/mol. The van der Waals surface area contributed by atoms with E-state index in [0.717, 1.165) is 24.4 Å². The predicted octanol–water partition coefficient (Wildman–Crippen LogP) is 2.16. The molecular formula is C16H23N3O2. The highest BCUT2D eigenvalue weighted by molar-refractivity contribution is 5.94. The molecule has 0 fully saturated rings. The van der Waals surface area contributed by atoms with Crippen LogP contribution in [-0.4, -0.2) is 43.7 Å². The third-order valence-corrected chi connectivity index (χ3v) is 3.57. The summed E-state index contributed by atoms with van der Waals surface area (Å²) in [5.74, 6) is 1.04. The molecular weight excluding hydrogens is 266 g/mol. The van der Waals surface area contributed by atoms with E-state index in [1.807, 2.05) is 18.3 Å². The number of aromatic nitrogens is 1. The van der Waals surface area contributed by atoms with Crippen LogP contribution in [-0.2, 0) is 4.74 Å². The fourth-order valence-electron chi connectivity index (χ4n) is 2.39. The van der Waals surface area contributed by atoms with Gasteiger partial charge in [0.1, 0.15) is 5.82 Å². The highest BCUT2D eigenvalue weighted by Gasteiger charge is 2.10. The molecule has 0 aliphatic carbocycles. The topological polar surface area (TPSA) is 46.0 Å². The van der Waals surface area contributed by atoms with Crippen LogP contribution in [0.3, 0.4) is 0 Å². The molecule has 2 rings (SSSR count). The van der Waals surface area contributed by atoms with Crippen molar-refractivity contribution in [3.63, 3.8) is 0 Å². The van der Waals surface area contributed by atoms with Crippen LogP contribution in [0.4, 0.5) is 5.82 Å². The van der Waals surface area contributed by atoms with E-state index in [2.05, 4.69) is 40.6 Å². The number of hydrogen-bond donors (Lipinski definition) is 1. The number of amides is 1. The van der Waals surface area contributed by atoms with E-state index in [1.165, 1.54) is 0 Å². The summed E-state index contributed by atoms with van der Waals surface area (Å²) in [6, 6.07) is 7.98. The molecule has 5 nitrogen and oxygen atoms in total. The minimum atomic E-state index is -0.0758. The van der Waals surface area contributed by atoms with E-state index >= 15 is 0 Å². The Labute approximate surface area is 125 Å². The highest BCUT2D eigenvalue weighted by atomic mass is 16.5. The molecule has 0 aliphatic rings. The molecule has 0 radical (unpaired) electrons. The summed E-state index contributed by atoms with van der Waals surface area (Å²) in [7, 11) is 1.62. The second-order valence-electron chi connectivity index (χ2n) is 4.83. The van der Waals surface area contributed by atoms with E-state index in [4.69, 9.17) is 4.74 Å². The average molecular weight is 289 g/mol. The quantitative estimate of drug-likeness (QED) is 0.795. The molecule has 0 atom stereocenters. The number of methoxy groups -OCH3 is 1. The Kier molecular flexibility index (Phi) is 5.22. The van der Waals surface area contributed by atoms with Gasteiger partial charge in [0.25, 0.3) is 5.91 Å². The molecule has 0 bridgehead atoms. The average Bonchev–Trinajstić information content (AvgIpc) is 2.92. The van der Waals surface area contributed by atoms with Gasteiger partial charge in [-0.2, -0.15) is 0 Å². The van der Waals surface area contributed by atoms with Gasteiger partial charge >= 0.3 is 0 Å². The molecule has 114 valence electrons. The summed E-state index contributed by atoms with van der Waals surface area (Å²) >= 11 is 0. The zero-order valence-electron chi connectivity index (χ0n) is 12.9. The number of pyridine rings is 1. The Hall–Kier alpha value is -2.01. The molecule has 0 saturated heterocycles. The van der Waals surface area contributed by atoms with Crippen molar-refractivity contribution < 1.29 is 9.53 Å². The number of nitrogens with one attached hydrogen (secondary N) is 1. The second kappa shape index (κ2) is 7.13. The third-order valence-electron chi connectivity index (χ3n) is 3.57. The molecule has 0 spiro atoms. The van der Waals surface area contributed by atoms with Crippen LogP contribution < -0.4 is 10.2 Å². The van der Waals surface area contributed by atoms with E-state index in [0.29, 0.717) is 18.7 Å². The van der Waals surface area contributed by atoms with Gasteiger partial charge in [-0.3, -0.25) is 4.79 Å². The first-order chi connectivity index (χ1) is 10.2. The van der Waals surface area contributed by atoms with E-state index < -0.39 is 0 Å². The summed E-state index contributed by atoms with van der Waals surface area (Å²) in [5, 5.41) is 2.84. The largest absolute Gasteiger partial charge is 0.383 e. The van der Waals surface area contributed by atoms with Crippen LogP contribution in [0.25, 0.3) is 5.52 Å². The van der Waals surface area contributed by atoms with Crippen molar-refractivity contribution in [1.82, 2.24) is 9.72 Å². The first-order valence-corrected chi connectivity index (χ1v) is 7.34. The molecule has 0 saturated carbocycles. The Balaban J connectivity index is 2.27. The molecule has 2 aromatic rings. The lowest BCUT2D eigenvalue weighted by atomic mass is 10.2. The van der Waals surface area contributed by atoms with Crippen LogP contribution in [0.5, 0.6) is 0 Å². The van der Waals surface area contributed by atoms with Gasteiger partial charge in [0, 0.05) is 38.5 Å². The number of nitrogens with zero attached hydrogens (tertiary/aromatic N) is 2. The second-order valence-corrected chi connectivity index (χ2v) is 4.83. The number of ether oxygens (including phenoxy) is 1. The van der Waals surface area contributed by atoms with Gasteiger partial charge in [-0.1, -0.05) is 0 Å². The summed E-state index contributed by atoms with van der Waals surface area (Å²) in [4.78, 5) is 14.4. The standard InChI is InChI=1S/C16H23N3O2/c1-4-18(5-2)15-9-8-14-7-6-13(12-19(14)15)16(20)17-10-11-21-3/h6-9,12H,4-5,10-11H2,1-3H3,(H,17,20). The summed E-state index contributed by atoms with van der Waals surface area (Å²) in [6.45, 7) is 7.16. The zero-order valence-corrected chi connectivity index (χ0v) is 12.9. The van der Waals surface area contributed by atoms with Crippen molar-refractivity contribution in [3.05, 3.63) is 36.0 Å². The molecule has 1 N–H and O–H groups in total. The fourth-order valence-corrected chi connectivity index (χ4v) is 2.39. The van der Waals surface area contributed by atoms with Crippen molar-refractivity contribution >= 4 is 17.2 Å². The molecule has 0 unspecified atom stereocenters. The van der Waals surface area contributed by atoms with Gasteiger partial charge in [0.2, 0.25) is 0 Å². The van der Waals surface area contributed by atoms with E-state index in [1.54, 1.807) is 7.11 Å². The fraction of sp³-hybridized carbons (Fsp3) is 0.438. The number of anilines is 1. The number of carbonyl (C=O) groups is 1. The Morgan fingerprint density at radius 3 is 2.62 bits per heavy atom. The van der Waals surface area contributed by atoms with Crippen molar-refractivity contribution in [3.8, 4) is 0 Å². The maximum absolute atomic E-state index is 12.1. The summed E-state index contributed by atoms with van der Waals surface area (Å²) in [6.07, 6.45) is 1.89. The van der Waals surface area contributed by atoms with Gasteiger partial charge in [-0.15, -0.1) is 0 Å². The monoisotopic (exact) mass is 289 g/mol. The van der Waals surface area contributed by atoms with Crippen molar-refractivity contribution in [2.45, 2.75) is 13.8 Å². The number of rotatable bonds is 7. The smallest absolute Gasteiger partial charge is 0.252 e. The summed E-state index contributed by atoms with van der Waals surface area (Å²) in [5.41, 5.74) is 1.74. The normalized spacial score (nSPS) is 10.8. The first-order valence-electron chi connectivity index (χ1n) is 7.34. The Morgan fingerprint density at radius 1 is 1.24 bits per heavy atom. The van der Waals surface area contributed by atoms with Crippen molar-refractivity contribution in [2.75, 3.05) is 38.3 Å². The Bertz CT molecular complexity index is 603. The molecule has 0 aliphatic heterocycles. The minimum absolute atomic E-state index is 0.0758. The lowest BCUT2D eigenvalue weighted by Gasteiger charge is -2.20. The first kappa shape index (κ1) is 15.4. The maximum atomic E-state index is 12.1. The number of hydrogen-bond acceptors (Lipinski definition) is 3. The van der Waals surface area contributed by atoms with Crippen LogP contribution in [0.1, 0.15) is 24.2 Å². The van der Waals surface area contributed by atoms with Gasteiger partial charge in [-0.25, -0.2) is 0 Å². The number of carbonyl (C=O) groups excluding carboxylic acids is 1. The lowest BCUT2D eigenvalue weighted by molar-refractivity contribution is 0.0936. The Morgan fingerprint density at radius 2 is 1.95 bits per heavy atom. The minimum Gasteiger partial charge on any atom is -0.383 e. The van der Waals surface area contributed by atoms with Crippen LogP contribution in [0.2, 0.25) is 0 Å². The van der Waals surface area contributed by atoms with Crippen molar-refractivity contribution in [1.29, 1.82) is 0 Å². The molecule has 5 heteroatoms. The molecule has 0 aromatic carbocycles. The molecule has 21 heavy (non-hydrogen) atoms. The molecule has 1 amide bonds. The van der Waals surface area contributed by atoms with Crippen LogP contribution in [0.15, 0.2) is 30.5 Å². The van der Waals surface area contributed by atoms with Gasteiger partial charge < -0.3 is 19.4 Å². The van der Waals surface area contributed by atoms with Crippen LogP contribution >= 0.6 is 0 Å². The molecule has 2 aromatic heterocycles. The van der Waals surface area contributed by atoms with Gasteiger partial charge in [-0.05, 0) is 38.1 Å². The van der Waals surface area contributed by atoms with Crippen LogP contribution in [0, 0.1) is 0 Å². The highest BCUT2D eigenvalue weighted by Crippen LogP contribution is 2.20. The van der Waals surface area contributed by atoms with E-state index in [9.17, 15) is 4.79 Å². The van der Waals surface area contributed by atoms with Gasteiger partial charge in [0.15, 0.2) is 0 Å². The lowest BCUT2D eigenvalue weighted by Crippen LogP contribution is -2.27. The third kappa shape index (κ3) is 3.36. The maximum Gasteiger partial charge on any atom is 0.252 e. The number of fused-ring (bicyclic) bond motifs is 1. The van der Waals surface area contributed by atoms with Gasteiger partial charge in [0.05, 0.1) is 12.2 Å². The SMILES string of the molecule is CCN(CC)c1ccc2ccc(C(=O)NCCOC)cn12. The van der Waals surface area contributed by atoms with E-state index in [-0.39, 0.29) is 5.91 Å². The summed E-state index contributed by atoms with van der Waals surface area (Å²) < 4.78 is 7.01.